The molecule has 0 aliphatic rings. The van der Waals surface area contributed by atoms with Crippen molar-refractivity contribution in [3.05, 3.63) is 132 Å². The first-order valence-electron chi connectivity index (χ1n) is 9.59. The molecule has 4 aromatic carbocycles. The Labute approximate surface area is 176 Å². The van der Waals surface area contributed by atoms with Crippen molar-refractivity contribution in [3.63, 3.8) is 0 Å². The van der Waals surface area contributed by atoms with Gasteiger partial charge in [-0.05, 0) is 35.4 Å². The fourth-order valence-electron chi connectivity index (χ4n) is 2.98. The maximum Gasteiger partial charge on any atom is 0.588 e. The van der Waals surface area contributed by atoms with E-state index in [0.29, 0.717) is 11.5 Å². The third kappa shape index (κ3) is 5.18. The molecule has 0 N–H and O–H groups in total. The molecule has 0 aliphatic carbocycles. The number of rotatable bonds is 8. The van der Waals surface area contributed by atoms with Crippen LogP contribution in [0.4, 0.5) is 0 Å². The molecular formula is C25H21O4P. The summed E-state index contributed by atoms with van der Waals surface area (Å²) < 4.78 is 31.6. The van der Waals surface area contributed by atoms with E-state index < -0.39 is 13.9 Å². The normalized spacial score (nSPS) is 11.2. The van der Waals surface area contributed by atoms with Crippen LogP contribution in [0.2, 0.25) is 0 Å². The maximum absolute atomic E-state index is 13.8. The highest BCUT2D eigenvalue weighted by molar-refractivity contribution is 7.49. The summed E-state index contributed by atoms with van der Waals surface area (Å²) in [6.45, 7) is 0. The van der Waals surface area contributed by atoms with Crippen molar-refractivity contribution < 1.29 is 18.1 Å². The summed E-state index contributed by atoms with van der Waals surface area (Å²) in [7, 11) is -4.05. The lowest BCUT2D eigenvalue weighted by Crippen LogP contribution is -2.11. The van der Waals surface area contributed by atoms with Crippen molar-refractivity contribution in [2.75, 3.05) is 0 Å². The van der Waals surface area contributed by atoms with Crippen molar-refractivity contribution in [2.24, 2.45) is 0 Å². The van der Waals surface area contributed by atoms with Crippen molar-refractivity contribution in [1.82, 2.24) is 0 Å². The Hall–Kier alpha value is -3.33. The van der Waals surface area contributed by atoms with Gasteiger partial charge in [-0.15, -0.1) is 0 Å². The van der Waals surface area contributed by atoms with Crippen molar-refractivity contribution >= 4 is 7.82 Å². The molecule has 30 heavy (non-hydrogen) atoms. The number of hydrogen-bond acceptors (Lipinski definition) is 4. The molecular weight excluding hydrogens is 395 g/mol. The Kier molecular flexibility index (Phi) is 6.29. The van der Waals surface area contributed by atoms with E-state index in [9.17, 15) is 4.57 Å². The minimum atomic E-state index is -4.05. The Morgan fingerprint density at radius 3 is 1.20 bits per heavy atom. The molecule has 0 saturated heterocycles. The highest BCUT2D eigenvalue weighted by atomic mass is 31.2. The van der Waals surface area contributed by atoms with Crippen LogP contribution in [-0.4, -0.2) is 0 Å². The molecule has 5 heteroatoms. The highest BCUT2D eigenvalue weighted by Crippen LogP contribution is 2.54. The summed E-state index contributed by atoms with van der Waals surface area (Å²) in [6.07, 6.45) is -0.634. The fourth-order valence-corrected chi connectivity index (χ4v) is 4.37. The Balaban J connectivity index is 1.71. The topological polar surface area (TPSA) is 44.8 Å². The molecule has 0 atom stereocenters. The van der Waals surface area contributed by atoms with Crippen molar-refractivity contribution in [2.45, 2.75) is 6.10 Å². The monoisotopic (exact) mass is 416 g/mol. The Morgan fingerprint density at radius 2 is 0.833 bits per heavy atom. The molecule has 0 aromatic heterocycles. The van der Waals surface area contributed by atoms with Gasteiger partial charge in [-0.2, -0.15) is 0 Å². The Morgan fingerprint density at radius 1 is 0.500 bits per heavy atom. The molecule has 0 radical (unpaired) electrons. The predicted octanol–water partition coefficient (Wildman–Crippen LogP) is 7.06. The highest BCUT2D eigenvalue weighted by Gasteiger charge is 2.36. The predicted molar refractivity (Wildman–Crippen MR) is 118 cm³/mol. The number of para-hydroxylation sites is 2. The van der Waals surface area contributed by atoms with Gasteiger partial charge in [-0.25, -0.2) is 4.57 Å². The third-order valence-corrected chi connectivity index (χ3v) is 5.70. The van der Waals surface area contributed by atoms with Gasteiger partial charge in [0.15, 0.2) is 0 Å². The largest absolute Gasteiger partial charge is 0.588 e. The Bertz CT molecular complexity index is 1000. The molecule has 0 bridgehead atoms. The minimum Gasteiger partial charge on any atom is -0.395 e. The number of benzene rings is 4. The zero-order chi connectivity index (χ0) is 20.7. The van der Waals surface area contributed by atoms with Crippen molar-refractivity contribution in [3.8, 4) is 11.5 Å². The van der Waals surface area contributed by atoms with Crippen LogP contribution in [0.1, 0.15) is 17.2 Å². The molecule has 0 spiro atoms. The molecule has 4 rings (SSSR count). The van der Waals surface area contributed by atoms with Gasteiger partial charge >= 0.3 is 7.82 Å². The van der Waals surface area contributed by atoms with Crippen molar-refractivity contribution in [1.29, 1.82) is 0 Å². The summed E-state index contributed by atoms with van der Waals surface area (Å²) in [5.41, 5.74) is 1.69. The molecule has 0 aliphatic heterocycles. The summed E-state index contributed by atoms with van der Waals surface area (Å²) in [5, 5.41) is 0. The average Bonchev–Trinajstić information content (AvgIpc) is 2.80. The molecule has 150 valence electrons. The first-order valence-corrected chi connectivity index (χ1v) is 11.1. The van der Waals surface area contributed by atoms with Gasteiger partial charge in [0.25, 0.3) is 0 Å². The SMILES string of the molecule is O=P(Oc1ccccc1)(Oc1ccccc1)OC(c1ccccc1)c1ccccc1. The molecule has 4 aromatic rings. The van der Waals surface area contributed by atoms with Gasteiger partial charge in [0.2, 0.25) is 0 Å². The first-order chi connectivity index (χ1) is 14.7. The fraction of sp³-hybridized carbons (Fsp3) is 0.0400. The first kappa shape index (κ1) is 20.0. The summed E-state index contributed by atoms with van der Waals surface area (Å²) in [6, 6.07) is 36.9. The molecule has 0 unspecified atom stereocenters. The smallest absolute Gasteiger partial charge is 0.395 e. The van der Waals surface area contributed by atoms with Crippen LogP contribution in [0, 0.1) is 0 Å². The van der Waals surface area contributed by atoms with Gasteiger partial charge in [-0.3, -0.25) is 4.52 Å². The number of phosphoric acid groups is 1. The van der Waals surface area contributed by atoms with Crippen LogP contribution in [0.25, 0.3) is 0 Å². The third-order valence-electron chi connectivity index (χ3n) is 4.36. The van der Waals surface area contributed by atoms with Gasteiger partial charge in [0.1, 0.15) is 17.6 Å². The van der Waals surface area contributed by atoms with Crippen LogP contribution in [0.5, 0.6) is 11.5 Å². The second-order valence-corrected chi connectivity index (χ2v) is 8.03. The number of phosphoric ester groups is 1. The average molecular weight is 416 g/mol. The van der Waals surface area contributed by atoms with Crippen LogP contribution in [-0.2, 0) is 9.09 Å². The maximum atomic E-state index is 13.8. The van der Waals surface area contributed by atoms with Crippen LogP contribution < -0.4 is 9.05 Å². The van der Waals surface area contributed by atoms with E-state index in [2.05, 4.69) is 0 Å². The summed E-state index contributed by atoms with van der Waals surface area (Å²) >= 11 is 0. The molecule has 4 nitrogen and oxygen atoms in total. The quantitative estimate of drug-likeness (QED) is 0.289. The lowest BCUT2D eigenvalue weighted by molar-refractivity contribution is 0.168. The van der Waals surface area contributed by atoms with E-state index in [0.717, 1.165) is 11.1 Å². The van der Waals surface area contributed by atoms with E-state index in [1.54, 1.807) is 48.5 Å². The van der Waals surface area contributed by atoms with E-state index in [4.69, 9.17) is 13.6 Å². The zero-order valence-electron chi connectivity index (χ0n) is 16.2. The minimum absolute atomic E-state index is 0.400. The van der Waals surface area contributed by atoms with Crippen LogP contribution in [0.3, 0.4) is 0 Å². The molecule has 0 amide bonds. The lowest BCUT2D eigenvalue weighted by atomic mass is 10.0. The van der Waals surface area contributed by atoms with E-state index in [1.807, 2.05) is 72.8 Å². The van der Waals surface area contributed by atoms with Crippen LogP contribution in [0.15, 0.2) is 121 Å². The standard InChI is InChI=1S/C25H21O4P/c26-30(27-23-17-9-3-10-18-23,28-24-19-11-4-12-20-24)29-25(21-13-5-1-6-14-21)22-15-7-2-8-16-22/h1-20,25H. The zero-order valence-corrected chi connectivity index (χ0v) is 17.1. The molecule has 0 saturated carbocycles. The molecule has 0 fully saturated rings. The second-order valence-electron chi connectivity index (χ2n) is 6.56. The lowest BCUT2D eigenvalue weighted by Gasteiger charge is -2.25. The summed E-state index contributed by atoms with van der Waals surface area (Å²) in [5.74, 6) is 0.799. The van der Waals surface area contributed by atoms with E-state index in [1.165, 1.54) is 0 Å². The van der Waals surface area contributed by atoms with Crippen LogP contribution >= 0.6 is 7.82 Å². The molecule has 0 heterocycles. The summed E-state index contributed by atoms with van der Waals surface area (Å²) in [4.78, 5) is 0. The van der Waals surface area contributed by atoms with Gasteiger partial charge in [0, 0.05) is 0 Å². The number of hydrogen-bond donors (Lipinski definition) is 0. The van der Waals surface area contributed by atoms with Gasteiger partial charge in [-0.1, -0.05) is 97.1 Å². The van der Waals surface area contributed by atoms with Gasteiger partial charge < -0.3 is 9.05 Å². The van der Waals surface area contributed by atoms with E-state index >= 15 is 0 Å². The second kappa shape index (κ2) is 9.45. The van der Waals surface area contributed by atoms with E-state index in [-0.39, 0.29) is 0 Å². The van der Waals surface area contributed by atoms with Gasteiger partial charge in [0.05, 0.1) is 0 Å².